The third kappa shape index (κ3) is 2.69. The van der Waals surface area contributed by atoms with Gasteiger partial charge in [-0.05, 0) is 71.5 Å². The number of hydrogen-bond donors (Lipinski definition) is 0. The smallest absolute Gasteiger partial charge is 0.257 e. The summed E-state index contributed by atoms with van der Waals surface area (Å²) < 4.78 is 5.51. The van der Waals surface area contributed by atoms with E-state index in [2.05, 4.69) is 19.0 Å². The maximum Gasteiger partial charge on any atom is 0.257 e. The number of hydrogen-bond acceptors (Lipinski definition) is 3. The molecule has 1 heterocycles. The first-order chi connectivity index (χ1) is 10.4. The molecule has 2 fully saturated rings. The van der Waals surface area contributed by atoms with Crippen LogP contribution in [0.2, 0.25) is 0 Å². The van der Waals surface area contributed by atoms with Gasteiger partial charge in [0.2, 0.25) is 0 Å². The van der Waals surface area contributed by atoms with E-state index >= 15 is 0 Å². The van der Waals surface area contributed by atoms with Crippen molar-refractivity contribution in [2.24, 2.45) is 11.8 Å². The van der Waals surface area contributed by atoms with Crippen LogP contribution in [0.15, 0.2) is 10.5 Å². The zero-order valence-corrected chi connectivity index (χ0v) is 14.4. The zero-order chi connectivity index (χ0) is 16.0. The molecule has 2 aliphatic carbocycles. The van der Waals surface area contributed by atoms with E-state index in [0.717, 1.165) is 47.8 Å². The van der Waals surface area contributed by atoms with E-state index in [4.69, 9.17) is 4.42 Å². The third-order valence-corrected chi connectivity index (χ3v) is 5.84. The molecule has 4 nitrogen and oxygen atoms in total. The molecular weight excluding hydrogens is 276 g/mol. The standard InChI is InChI=1S/C18H28N2O2/c1-11-6-17(12(2)22-11)18(21)20(5)16-9-13-7-15(19(3)4)8-14(13)10-16/h6,13-16H,7-10H2,1-5H3/t13-,14+,15?,16?. The first-order valence-corrected chi connectivity index (χ1v) is 8.37. The Morgan fingerprint density at radius 3 is 2.05 bits per heavy atom. The molecule has 2 saturated carbocycles. The molecule has 2 aliphatic rings. The Morgan fingerprint density at radius 1 is 1.05 bits per heavy atom. The molecule has 1 aromatic rings. The Balaban J connectivity index is 1.65. The minimum absolute atomic E-state index is 0.114. The number of aryl methyl sites for hydroxylation is 2. The van der Waals surface area contributed by atoms with E-state index in [1.807, 2.05) is 31.9 Å². The van der Waals surface area contributed by atoms with Crippen LogP contribution >= 0.6 is 0 Å². The van der Waals surface area contributed by atoms with Crippen molar-refractivity contribution >= 4 is 5.91 Å². The quantitative estimate of drug-likeness (QED) is 0.861. The van der Waals surface area contributed by atoms with Gasteiger partial charge in [-0.2, -0.15) is 0 Å². The first-order valence-electron chi connectivity index (χ1n) is 8.37. The normalized spacial score (nSPS) is 30.8. The Bertz CT molecular complexity index is 549. The molecule has 0 saturated heterocycles. The highest BCUT2D eigenvalue weighted by Gasteiger charge is 2.44. The summed E-state index contributed by atoms with van der Waals surface area (Å²) in [6.45, 7) is 3.77. The Hall–Kier alpha value is -1.29. The van der Waals surface area contributed by atoms with Crippen molar-refractivity contribution in [3.8, 4) is 0 Å². The fourth-order valence-electron chi connectivity index (χ4n) is 4.49. The molecule has 0 aromatic carbocycles. The highest BCUT2D eigenvalue weighted by Crippen LogP contribution is 2.46. The second-order valence-electron chi connectivity index (χ2n) is 7.48. The second kappa shape index (κ2) is 5.73. The van der Waals surface area contributed by atoms with Gasteiger partial charge in [0, 0.05) is 19.1 Å². The van der Waals surface area contributed by atoms with Crippen LogP contribution in [0.5, 0.6) is 0 Å². The summed E-state index contributed by atoms with van der Waals surface area (Å²) in [4.78, 5) is 17.0. The van der Waals surface area contributed by atoms with Crippen LogP contribution in [0.3, 0.4) is 0 Å². The highest BCUT2D eigenvalue weighted by molar-refractivity contribution is 5.95. The van der Waals surface area contributed by atoms with Crippen LogP contribution in [0.4, 0.5) is 0 Å². The molecule has 0 radical (unpaired) electrons. The molecule has 0 bridgehead atoms. The zero-order valence-electron chi connectivity index (χ0n) is 14.4. The van der Waals surface area contributed by atoms with E-state index in [1.165, 1.54) is 12.8 Å². The average Bonchev–Trinajstić information content (AvgIpc) is 3.09. The van der Waals surface area contributed by atoms with Crippen molar-refractivity contribution in [3.63, 3.8) is 0 Å². The van der Waals surface area contributed by atoms with Crippen LogP contribution in [-0.2, 0) is 0 Å². The lowest BCUT2D eigenvalue weighted by atomic mass is 10.0. The lowest BCUT2D eigenvalue weighted by Gasteiger charge is -2.27. The van der Waals surface area contributed by atoms with Gasteiger partial charge in [-0.1, -0.05) is 0 Å². The predicted molar refractivity (Wildman–Crippen MR) is 87.0 cm³/mol. The van der Waals surface area contributed by atoms with Gasteiger partial charge in [0.1, 0.15) is 11.5 Å². The van der Waals surface area contributed by atoms with E-state index in [0.29, 0.717) is 6.04 Å². The largest absolute Gasteiger partial charge is 0.466 e. The molecule has 4 atom stereocenters. The van der Waals surface area contributed by atoms with Crippen molar-refractivity contribution < 1.29 is 9.21 Å². The SMILES string of the molecule is Cc1cc(C(=O)N(C)C2C[C@H]3CC(N(C)C)C[C@H]3C2)c(C)o1. The molecule has 3 rings (SSSR count). The third-order valence-electron chi connectivity index (χ3n) is 5.84. The maximum absolute atomic E-state index is 12.7. The predicted octanol–water partition coefficient (Wildman–Crippen LogP) is 3.09. The Labute approximate surface area is 133 Å². The van der Waals surface area contributed by atoms with E-state index in [-0.39, 0.29) is 5.91 Å². The highest BCUT2D eigenvalue weighted by atomic mass is 16.3. The lowest BCUT2D eigenvalue weighted by Crippen LogP contribution is -2.36. The molecule has 0 aliphatic heterocycles. The topological polar surface area (TPSA) is 36.7 Å². The van der Waals surface area contributed by atoms with Crippen LogP contribution in [0.25, 0.3) is 0 Å². The number of carbonyl (C=O) groups is 1. The number of carbonyl (C=O) groups excluding carboxylic acids is 1. The van der Waals surface area contributed by atoms with Crippen LogP contribution in [0.1, 0.15) is 47.6 Å². The number of nitrogens with zero attached hydrogens (tertiary/aromatic N) is 2. The molecule has 1 aromatic heterocycles. The molecule has 122 valence electrons. The van der Waals surface area contributed by atoms with Crippen LogP contribution < -0.4 is 0 Å². The van der Waals surface area contributed by atoms with Gasteiger partial charge in [0.15, 0.2) is 0 Å². The van der Waals surface area contributed by atoms with Gasteiger partial charge in [-0.3, -0.25) is 4.79 Å². The van der Waals surface area contributed by atoms with Gasteiger partial charge < -0.3 is 14.2 Å². The van der Waals surface area contributed by atoms with Crippen molar-refractivity contribution in [3.05, 3.63) is 23.2 Å². The van der Waals surface area contributed by atoms with E-state index in [9.17, 15) is 4.79 Å². The molecule has 0 spiro atoms. The minimum atomic E-state index is 0.114. The number of amides is 1. The second-order valence-corrected chi connectivity index (χ2v) is 7.48. The van der Waals surface area contributed by atoms with Gasteiger partial charge in [-0.25, -0.2) is 0 Å². The fraction of sp³-hybridized carbons (Fsp3) is 0.722. The minimum Gasteiger partial charge on any atom is -0.466 e. The Kier molecular flexibility index (Phi) is 4.06. The maximum atomic E-state index is 12.7. The molecular formula is C18H28N2O2. The molecule has 1 amide bonds. The monoisotopic (exact) mass is 304 g/mol. The molecule has 2 unspecified atom stereocenters. The summed E-state index contributed by atoms with van der Waals surface area (Å²) in [5.41, 5.74) is 0.725. The summed E-state index contributed by atoms with van der Waals surface area (Å²) >= 11 is 0. The van der Waals surface area contributed by atoms with Crippen LogP contribution in [0, 0.1) is 25.7 Å². The van der Waals surface area contributed by atoms with Crippen molar-refractivity contribution in [2.45, 2.75) is 51.6 Å². The Morgan fingerprint density at radius 2 is 1.59 bits per heavy atom. The van der Waals surface area contributed by atoms with Gasteiger partial charge in [0.05, 0.1) is 5.56 Å². The molecule has 4 heteroatoms. The van der Waals surface area contributed by atoms with Crippen molar-refractivity contribution in [1.29, 1.82) is 0 Å². The average molecular weight is 304 g/mol. The number of rotatable bonds is 3. The van der Waals surface area contributed by atoms with Gasteiger partial charge in [-0.15, -0.1) is 0 Å². The molecule has 0 N–H and O–H groups in total. The summed E-state index contributed by atoms with van der Waals surface area (Å²) in [7, 11) is 6.32. The lowest BCUT2D eigenvalue weighted by molar-refractivity contribution is 0.0724. The summed E-state index contributed by atoms with van der Waals surface area (Å²) in [6.07, 6.45) is 4.90. The van der Waals surface area contributed by atoms with Crippen molar-refractivity contribution in [2.75, 3.05) is 21.1 Å². The van der Waals surface area contributed by atoms with E-state index < -0.39 is 0 Å². The number of fused-ring (bicyclic) bond motifs is 1. The summed E-state index contributed by atoms with van der Waals surface area (Å²) in [5, 5.41) is 0. The first kappa shape index (κ1) is 15.6. The summed E-state index contributed by atoms with van der Waals surface area (Å²) in [6, 6.07) is 2.99. The van der Waals surface area contributed by atoms with Gasteiger partial charge in [0.25, 0.3) is 5.91 Å². The van der Waals surface area contributed by atoms with Crippen LogP contribution in [-0.4, -0.2) is 48.9 Å². The van der Waals surface area contributed by atoms with Gasteiger partial charge >= 0.3 is 0 Å². The van der Waals surface area contributed by atoms with Crippen molar-refractivity contribution in [1.82, 2.24) is 9.80 Å². The fourth-order valence-corrected chi connectivity index (χ4v) is 4.49. The molecule has 22 heavy (non-hydrogen) atoms. The summed E-state index contributed by atoms with van der Waals surface area (Å²) in [5.74, 6) is 3.25. The van der Waals surface area contributed by atoms with E-state index in [1.54, 1.807) is 0 Å². The number of furan rings is 1.